The zero-order valence-corrected chi connectivity index (χ0v) is 12.8. The van der Waals surface area contributed by atoms with Gasteiger partial charge >= 0.3 is 0 Å². The molecule has 2 aromatic carbocycles. The Balaban J connectivity index is 2.24. The third-order valence-electron chi connectivity index (χ3n) is 2.65. The van der Waals surface area contributed by atoms with Crippen molar-refractivity contribution >= 4 is 39.1 Å². The van der Waals surface area contributed by atoms with Gasteiger partial charge in [-0.3, -0.25) is 0 Å². The van der Waals surface area contributed by atoms with E-state index in [4.69, 9.17) is 22.5 Å². The van der Waals surface area contributed by atoms with Crippen LogP contribution < -0.4 is 10.9 Å². The summed E-state index contributed by atoms with van der Waals surface area (Å²) in [4.78, 5) is 0.713. The second-order valence-corrected chi connectivity index (χ2v) is 7.11. The summed E-state index contributed by atoms with van der Waals surface area (Å²) in [5.74, 6) is 0.595. The molecule has 2 rings (SSSR count). The summed E-state index contributed by atoms with van der Waals surface area (Å²) >= 11 is 7.49. The maximum Gasteiger partial charge on any atom is 0.238 e. The molecule has 0 fully saturated rings. The average Bonchev–Trinajstić information content (AvgIpc) is 2.38. The molecule has 0 heterocycles. The highest BCUT2D eigenvalue weighted by molar-refractivity contribution is 7.98. The molecule has 0 radical (unpaired) electrons. The minimum atomic E-state index is -3.73. The Morgan fingerprint density at radius 2 is 1.85 bits per heavy atom. The molecule has 0 aliphatic rings. The van der Waals surface area contributed by atoms with E-state index in [1.807, 2.05) is 24.3 Å². The van der Waals surface area contributed by atoms with Crippen LogP contribution in [0.2, 0.25) is 5.02 Å². The fourth-order valence-electron chi connectivity index (χ4n) is 1.59. The van der Waals surface area contributed by atoms with Gasteiger partial charge < -0.3 is 5.73 Å². The number of benzene rings is 2. The van der Waals surface area contributed by atoms with Crippen molar-refractivity contribution in [2.45, 2.75) is 15.5 Å². The number of thioether (sulfide) groups is 1. The van der Waals surface area contributed by atoms with E-state index >= 15 is 0 Å². The molecule has 0 bridgehead atoms. The molecular weight excluding hydrogens is 316 g/mol. The minimum Gasteiger partial charge on any atom is -0.398 e. The molecule has 7 heteroatoms. The van der Waals surface area contributed by atoms with Gasteiger partial charge in [-0.05, 0) is 29.8 Å². The molecular formula is C13H13ClN2O2S2. The molecule has 0 unspecified atom stereocenters. The third-order valence-corrected chi connectivity index (χ3v) is 5.05. The molecule has 0 aromatic heterocycles. The van der Waals surface area contributed by atoms with Gasteiger partial charge in [0.25, 0.3) is 0 Å². The quantitative estimate of drug-likeness (QED) is 0.667. The minimum absolute atomic E-state index is 0.0494. The lowest BCUT2D eigenvalue weighted by atomic mass is 10.2. The maximum absolute atomic E-state index is 11.3. The van der Waals surface area contributed by atoms with Gasteiger partial charge in [0.05, 0.1) is 4.90 Å². The number of sulfonamides is 1. The van der Waals surface area contributed by atoms with Crippen LogP contribution in [0.3, 0.4) is 0 Å². The van der Waals surface area contributed by atoms with Crippen molar-refractivity contribution in [1.29, 1.82) is 0 Å². The van der Waals surface area contributed by atoms with Crippen LogP contribution in [-0.2, 0) is 15.8 Å². The number of rotatable bonds is 4. The van der Waals surface area contributed by atoms with E-state index in [9.17, 15) is 8.42 Å². The molecule has 0 spiro atoms. The van der Waals surface area contributed by atoms with Crippen LogP contribution in [-0.4, -0.2) is 8.42 Å². The van der Waals surface area contributed by atoms with E-state index in [1.165, 1.54) is 30.0 Å². The summed E-state index contributed by atoms with van der Waals surface area (Å²) in [6, 6.07) is 11.9. The molecule has 20 heavy (non-hydrogen) atoms. The van der Waals surface area contributed by atoms with Crippen molar-refractivity contribution in [2.75, 3.05) is 5.73 Å². The molecule has 2 aromatic rings. The van der Waals surface area contributed by atoms with Crippen LogP contribution in [0.4, 0.5) is 5.69 Å². The number of hydrogen-bond acceptors (Lipinski definition) is 4. The number of anilines is 1. The molecule has 106 valence electrons. The zero-order chi connectivity index (χ0) is 14.8. The van der Waals surface area contributed by atoms with Gasteiger partial charge in [-0.25, -0.2) is 13.6 Å². The smallest absolute Gasteiger partial charge is 0.238 e. The van der Waals surface area contributed by atoms with Crippen molar-refractivity contribution in [3.05, 3.63) is 53.1 Å². The van der Waals surface area contributed by atoms with Gasteiger partial charge in [0.15, 0.2) is 0 Å². The second-order valence-electron chi connectivity index (χ2n) is 4.12. The maximum atomic E-state index is 11.3. The van der Waals surface area contributed by atoms with Crippen LogP contribution in [0, 0.1) is 0 Å². The number of hydrogen-bond donors (Lipinski definition) is 2. The second kappa shape index (κ2) is 6.05. The van der Waals surface area contributed by atoms with Crippen molar-refractivity contribution < 1.29 is 8.42 Å². The Morgan fingerprint density at radius 1 is 1.15 bits per heavy atom. The molecule has 0 saturated carbocycles. The van der Waals surface area contributed by atoms with E-state index in [1.54, 1.807) is 0 Å². The van der Waals surface area contributed by atoms with Crippen LogP contribution in [0.1, 0.15) is 5.56 Å². The summed E-state index contributed by atoms with van der Waals surface area (Å²) in [7, 11) is -3.73. The Bertz CT molecular complexity index is 733. The largest absolute Gasteiger partial charge is 0.398 e. The van der Waals surface area contributed by atoms with Crippen molar-refractivity contribution in [2.24, 2.45) is 5.14 Å². The van der Waals surface area contributed by atoms with Gasteiger partial charge in [0.2, 0.25) is 10.0 Å². The van der Waals surface area contributed by atoms with Crippen LogP contribution >= 0.6 is 23.4 Å². The predicted molar refractivity (Wildman–Crippen MR) is 83.2 cm³/mol. The SMILES string of the molecule is Nc1ccc(S(N)(=O)=O)cc1SCc1ccccc1Cl. The first-order valence-corrected chi connectivity index (χ1v) is 8.57. The van der Waals surface area contributed by atoms with Crippen molar-refractivity contribution in [3.63, 3.8) is 0 Å². The van der Waals surface area contributed by atoms with Crippen molar-refractivity contribution in [1.82, 2.24) is 0 Å². The Labute approximate surface area is 127 Å². The van der Waals surface area contributed by atoms with Gasteiger partial charge in [0, 0.05) is 21.4 Å². The molecule has 0 saturated heterocycles. The number of primary sulfonamides is 1. The fraction of sp³-hybridized carbons (Fsp3) is 0.0769. The Kier molecular flexibility index (Phi) is 4.59. The number of nitrogen functional groups attached to an aromatic ring is 1. The fourth-order valence-corrected chi connectivity index (χ4v) is 3.49. The predicted octanol–water partition coefficient (Wildman–Crippen LogP) is 2.86. The van der Waals surface area contributed by atoms with E-state index < -0.39 is 10.0 Å². The number of nitrogens with two attached hydrogens (primary N) is 2. The Morgan fingerprint density at radius 3 is 2.50 bits per heavy atom. The summed E-state index contributed by atoms with van der Waals surface area (Å²) < 4.78 is 22.7. The Hall–Kier alpha value is -1.21. The van der Waals surface area contributed by atoms with E-state index in [-0.39, 0.29) is 4.90 Å². The summed E-state index contributed by atoms with van der Waals surface area (Å²) in [5.41, 5.74) is 7.31. The topological polar surface area (TPSA) is 86.2 Å². The van der Waals surface area contributed by atoms with Crippen LogP contribution in [0.15, 0.2) is 52.3 Å². The van der Waals surface area contributed by atoms with Gasteiger partial charge in [0.1, 0.15) is 0 Å². The molecule has 0 atom stereocenters. The van der Waals surface area contributed by atoms with Crippen molar-refractivity contribution in [3.8, 4) is 0 Å². The van der Waals surface area contributed by atoms with E-state index in [2.05, 4.69) is 0 Å². The first kappa shape index (κ1) is 15.2. The third kappa shape index (κ3) is 3.67. The molecule has 0 aliphatic carbocycles. The lowest BCUT2D eigenvalue weighted by Crippen LogP contribution is -2.12. The summed E-state index contributed by atoms with van der Waals surface area (Å²) in [6.07, 6.45) is 0. The highest BCUT2D eigenvalue weighted by Gasteiger charge is 2.11. The molecule has 4 nitrogen and oxygen atoms in total. The normalized spacial score (nSPS) is 11.5. The molecule has 4 N–H and O–H groups in total. The van der Waals surface area contributed by atoms with Gasteiger partial charge in [-0.2, -0.15) is 0 Å². The average molecular weight is 329 g/mol. The highest BCUT2D eigenvalue weighted by atomic mass is 35.5. The zero-order valence-electron chi connectivity index (χ0n) is 10.4. The van der Waals surface area contributed by atoms with Gasteiger partial charge in [-0.1, -0.05) is 29.8 Å². The van der Waals surface area contributed by atoms with E-state index in [0.717, 1.165) is 5.56 Å². The monoisotopic (exact) mass is 328 g/mol. The first-order chi connectivity index (χ1) is 9.38. The lowest BCUT2D eigenvalue weighted by molar-refractivity contribution is 0.597. The standard InChI is InChI=1S/C13H13ClN2O2S2/c14-11-4-2-1-3-9(11)8-19-13-7-10(20(16,17)18)5-6-12(13)15/h1-7H,8,15H2,(H2,16,17,18). The van der Waals surface area contributed by atoms with Crippen LogP contribution in [0.25, 0.3) is 0 Å². The van der Waals surface area contributed by atoms with Gasteiger partial charge in [-0.15, -0.1) is 11.8 Å². The summed E-state index contributed by atoms with van der Waals surface area (Å²) in [6.45, 7) is 0. The highest BCUT2D eigenvalue weighted by Crippen LogP contribution is 2.31. The lowest BCUT2D eigenvalue weighted by Gasteiger charge is -2.08. The summed E-state index contributed by atoms with van der Waals surface area (Å²) in [5, 5.41) is 5.78. The van der Waals surface area contributed by atoms with E-state index in [0.29, 0.717) is 21.4 Å². The van der Waals surface area contributed by atoms with Crippen LogP contribution in [0.5, 0.6) is 0 Å². The molecule has 0 aliphatic heterocycles. The number of halogens is 1. The first-order valence-electron chi connectivity index (χ1n) is 5.66. The molecule has 0 amide bonds.